The molecule has 0 aliphatic carbocycles. The van der Waals surface area contributed by atoms with Gasteiger partial charge in [-0.1, -0.05) is 23.2 Å². The van der Waals surface area contributed by atoms with Crippen LogP contribution >= 0.6 is 23.2 Å². The minimum Gasteiger partial charge on any atom is -0.497 e. The van der Waals surface area contributed by atoms with E-state index in [-0.39, 0.29) is 10.8 Å². The number of hydrogen-bond donors (Lipinski definition) is 2. The molecule has 0 heterocycles. The van der Waals surface area contributed by atoms with E-state index < -0.39 is 17.8 Å². The van der Waals surface area contributed by atoms with Gasteiger partial charge >= 0.3 is 17.8 Å². The molecule has 0 aliphatic rings. The highest BCUT2D eigenvalue weighted by molar-refractivity contribution is 6.43. The summed E-state index contributed by atoms with van der Waals surface area (Å²) in [5.74, 6) is -1.38. The molecule has 36 heavy (non-hydrogen) atoms. The zero-order valence-electron chi connectivity index (χ0n) is 19.2. The topological polar surface area (TPSA) is 115 Å². The highest BCUT2D eigenvalue weighted by Gasteiger charge is 2.15. The molecule has 0 fully saturated rings. The lowest BCUT2D eigenvalue weighted by Crippen LogP contribution is -2.32. The molecular formula is C25H21Cl2N3O6. The summed E-state index contributed by atoms with van der Waals surface area (Å²) < 4.78 is 16.1. The van der Waals surface area contributed by atoms with Crippen molar-refractivity contribution in [1.29, 1.82) is 0 Å². The molecule has 0 unspecified atom stereocenters. The van der Waals surface area contributed by atoms with Gasteiger partial charge in [0, 0.05) is 5.69 Å². The number of ether oxygens (including phenoxy) is 3. The van der Waals surface area contributed by atoms with Crippen LogP contribution in [-0.2, 0) is 9.59 Å². The molecule has 0 radical (unpaired) electrons. The van der Waals surface area contributed by atoms with Crippen molar-refractivity contribution in [2.45, 2.75) is 6.92 Å². The van der Waals surface area contributed by atoms with Crippen LogP contribution in [0, 0.1) is 0 Å². The van der Waals surface area contributed by atoms with Crippen LogP contribution in [0.2, 0.25) is 10.0 Å². The predicted molar refractivity (Wildman–Crippen MR) is 136 cm³/mol. The van der Waals surface area contributed by atoms with Crippen LogP contribution in [0.5, 0.6) is 17.2 Å². The number of carbonyl (C=O) groups is 3. The summed E-state index contributed by atoms with van der Waals surface area (Å²) in [4.78, 5) is 36.6. The Bertz CT molecular complexity index is 1300. The van der Waals surface area contributed by atoms with Crippen molar-refractivity contribution in [2.24, 2.45) is 5.10 Å². The Morgan fingerprint density at radius 3 is 2.33 bits per heavy atom. The van der Waals surface area contributed by atoms with Crippen LogP contribution in [0.25, 0.3) is 0 Å². The van der Waals surface area contributed by atoms with Crippen molar-refractivity contribution in [3.8, 4) is 17.2 Å². The van der Waals surface area contributed by atoms with E-state index in [0.29, 0.717) is 39.9 Å². The predicted octanol–water partition coefficient (Wildman–Crippen LogP) is 4.71. The molecule has 0 aliphatic heterocycles. The van der Waals surface area contributed by atoms with Gasteiger partial charge in [-0.2, -0.15) is 5.10 Å². The number of nitrogens with zero attached hydrogens (tertiary/aromatic N) is 1. The molecular weight excluding hydrogens is 509 g/mol. The number of hydrazone groups is 1. The third kappa shape index (κ3) is 7.21. The fourth-order valence-corrected chi connectivity index (χ4v) is 3.12. The molecule has 2 amide bonds. The molecule has 3 aromatic carbocycles. The Kier molecular flexibility index (Phi) is 9.26. The first-order chi connectivity index (χ1) is 17.3. The minimum atomic E-state index is -0.993. The van der Waals surface area contributed by atoms with Gasteiger partial charge in [-0.05, 0) is 73.2 Å². The maximum atomic E-state index is 12.5. The second-order valence-electron chi connectivity index (χ2n) is 7.04. The smallest absolute Gasteiger partial charge is 0.343 e. The van der Waals surface area contributed by atoms with Gasteiger partial charge in [-0.3, -0.25) is 9.59 Å². The fourth-order valence-electron chi connectivity index (χ4n) is 2.82. The quantitative estimate of drug-likeness (QED) is 0.143. The van der Waals surface area contributed by atoms with E-state index in [1.807, 2.05) is 0 Å². The normalized spacial score (nSPS) is 10.6. The number of anilines is 1. The van der Waals surface area contributed by atoms with Crippen molar-refractivity contribution in [3.05, 3.63) is 81.8 Å². The van der Waals surface area contributed by atoms with Crippen LogP contribution < -0.4 is 25.0 Å². The van der Waals surface area contributed by atoms with Gasteiger partial charge in [0.2, 0.25) is 0 Å². The molecule has 11 heteroatoms. The van der Waals surface area contributed by atoms with Gasteiger partial charge in [0.1, 0.15) is 5.75 Å². The van der Waals surface area contributed by atoms with Gasteiger partial charge in [0.05, 0.1) is 35.5 Å². The lowest BCUT2D eigenvalue weighted by Gasteiger charge is -2.11. The summed E-state index contributed by atoms with van der Waals surface area (Å²) in [6, 6.07) is 15.6. The molecule has 9 nitrogen and oxygen atoms in total. The molecule has 0 atom stereocenters. The van der Waals surface area contributed by atoms with E-state index in [2.05, 4.69) is 15.8 Å². The Hall–Kier alpha value is -4.08. The number of carbonyl (C=O) groups excluding carboxylic acids is 3. The number of nitrogens with one attached hydrogen (secondary N) is 2. The van der Waals surface area contributed by atoms with E-state index in [0.717, 1.165) is 0 Å². The number of halogens is 2. The first-order valence-electron chi connectivity index (χ1n) is 10.5. The monoisotopic (exact) mass is 529 g/mol. The zero-order valence-corrected chi connectivity index (χ0v) is 20.7. The Labute approximate surface area is 216 Å². The number of rotatable bonds is 8. The molecule has 0 bridgehead atoms. The van der Waals surface area contributed by atoms with Gasteiger partial charge in [-0.25, -0.2) is 10.2 Å². The van der Waals surface area contributed by atoms with Crippen LogP contribution in [0.4, 0.5) is 5.69 Å². The van der Waals surface area contributed by atoms with Gasteiger partial charge < -0.3 is 19.5 Å². The number of methoxy groups -OCH3 is 1. The first kappa shape index (κ1) is 26.5. The van der Waals surface area contributed by atoms with E-state index in [1.54, 1.807) is 43.3 Å². The lowest BCUT2D eigenvalue weighted by molar-refractivity contribution is -0.136. The summed E-state index contributed by atoms with van der Waals surface area (Å²) >= 11 is 11.7. The molecule has 186 valence electrons. The van der Waals surface area contributed by atoms with Crippen LogP contribution in [0.15, 0.2) is 65.8 Å². The number of amides is 2. The molecule has 3 rings (SSSR count). The third-order valence-electron chi connectivity index (χ3n) is 4.56. The molecule has 2 N–H and O–H groups in total. The summed E-state index contributed by atoms with van der Waals surface area (Å²) in [5.41, 5.74) is 3.29. The summed E-state index contributed by atoms with van der Waals surface area (Å²) in [6.07, 6.45) is 1.31. The standard InChI is InChI=1S/C25H21Cl2N3O6/c1-3-35-22-12-15(4-11-21(22)36-25(33)16-5-8-18(34-2)9-6-16)14-28-30-24(32)23(31)29-17-7-10-19(26)20(27)13-17/h4-14H,3H2,1-2H3,(H,29,31)(H,30,32). The van der Waals surface area contributed by atoms with Crippen LogP contribution in [0.1, 0.15) is 22.8 Å². The van der Waals surface area contributed by atoms with E-state index in [4.69, 9.17) is 37.4 Å². The van der Waals surface area contributed by atoms with Gasteiger partial charge in [0.15, 0.2) is 11.5 Å². The number of esters is 1. The lowest BCUT2D eigenvalue weighted by atomic mass is 10.2. The second kappa shape index (κ2) is 12.6. The van der Waals surface area contributed by atoms with E-state index in [9.17, 15) is 14.4 Å². The summed E-state index contributed by atoms with van der Waals surface area (Å²) in [5, 5.41) is 6.72. The van der Waals surface area contributed by atoms with Gasteiger partial charge in [0.25, 0.3) is 0 Å². The number of hydrogen-bond acceptors (Lipinski definition) is 7. The van der Waals surface area contributed by atoms with Crippen LogP contribution in [0.3, 0.4) is 0 Å². The third-order valence-corrected chi connectivity index (χ3v) is 5.30. The minimum absolute atomic E-state index is 0.208. The van der Waals surface area contributed by atoms with Crippen molar-refractivity contribution in [3.63, 3.8) is 0 Å². The van der Waals surface area contributed by atoms with Crippen molar-refractivity contribution >= 4 is 52.9 Å². The van der Waals surface area contributed by atoms with E-state index in [1.165, 1.54) is 37.6 Å². The van der Waals surface area contributed by atoms with E-state index >= 15 is 0 Å². The summed E-state index contributed by atoms with van der Waals surface area (Å²) in [6.45, 7) is 2.10. The Balaban J connectivity index is 1.63. The Morgan fingerprint density at radius 1 is 0.917 bits per heavy atom. The maximum absolute atomic E-state index is 12.5. The molecule has 0 spiro atoms. The number of benzene rings is 3. The van der Waals surface area contributed by atoms with Crippen molar-refractivity contribution < 1.29 is 28.6 Å². The van der Waals surface area contributed by atoms with Crippen molar-refractivity contribution in [1.82, 2.24) is 5.43 Å². The largest absolute Gasteiger partial charge is 0.497 e. The second-order valence-corrected chi connectivity index (χ2v) is 7.85. The molecule has 0 saturated heterocycles. The Morgan fingerprint density at radius 2 is 1.67 bits per heavy atom. The average Bonchev–Trinajstić information content (AvgIpc) is 2.87. The maximum Gasteiger partial charge on any atom is 0.343 e. The molecule has 3 aromatic rings. The first-order valence-corrected chi connectivity index (χ1v) is 11.3. The van der Waals surface area contributed by atoms with Gasteiger partial charge in [-0.15, -0.1) is 0 Å². The van der Waals surface area contributed by atoms with Crippen LogP contribution in [-0.4, -0.2) is 37.7 Å². The highest BCUT2D eigenvalue weighted by Crippen LogP contribution is 2.29. The zero-order chi connectivity index (χ0) is 26.1. The average molecular weight is 530 g/mol. The highest BCUT2D eigenvalue weighted by atomic mass is 35.5. The van der Waals surface area contributed by atoms with Crippen molar-refractivity contribution in [2.75, 3.05) is 19.0 Å². The molecule has 0 aromatic heterocycles. The SMILES string of the molecule is CCOc1cc(C=NNC(=O)C(=O)Nc2ccc(Cl)c(Cl)c2)ccc1OC(=O)c1ccc(OC)cc1. The molecule has 0 saturated carbocycles. The summed E-state index contributed by atoms with van der Waals surface area (Å²) in [7, 11) is 1.53. The fraction of sp³-hybridized carbons (Fsp3) is 0.120.